The van der Waals surface area contributed by atoms with Crippen molar-refractivity contribution < 1.29 is 22.4 Å². The molecule has 2 fully saturated rings. The van der Waals surface area contributed by atoms with Crippen LogP contribution in [-0.4, -0.2) is 74.0 Å². The average Bonchev–Trinajstić information content (AvgIpc) is 2.97. The maximum Gasteiger partial charge on any atom is 0.242 e. The quantitative estimate of drug-likeness (QED) is 0.666. The fraction of sp³-hybridized carbons (Fsp3) is 0.556. The largest absolute Gasteiger partial charge is 0.354 e. The van der Waals surface area contributed by atoms with Crippen molar-refractivity contribution in [1.82, 2.24) is 19.8 Å². The Morgan fingerprint density at radius 2 is 1.93 bits per heavy atom. The topological polar surface area (TPSA) is 98.8 Å². The van der Waals surface area contributed by atoms with Crippen molar-refractivity contribution in [2.45, 2.75) is 38.0 Å². The highest BCUT2D eigenvalue weighted by Crippen LogP contribution is 2.27. The van der Waals surface area contributed by atoms with Gasteiger partial charge in [-0.05, 0) is 24.1 Å². The summed E-state index contributed by atoms with van der Waals surface area (Å²) in [5, 5.41) is 2.70. The molecule has 8 nitrogen and oxygen atoms in total. The van der Waals surface area contributed by atoms with E-state index in [0.29, 0.717) is 26.1 Å². The Kier molecular flexibility index (Phi) is 6.01. The number of hydrogen-bond acceptors (Lipinski definition) is 5. The summed E-state index contributed by atoms with van der Waals surface area (Å²) in [6.45, 7) is 2.86. The van der Waals surface area contributed by atoms with Crippen molar-refractivity contribution in [3.63, 3.8) is 0 Å². The molecule has 0 spiro atoms. The van der Waals surface area contributed by atoms with Gasteiger partial charge in [0, 0.05) is 45.2 Å². The van der Waals surface area contributed by atoms with Gasteiger partial charge in [0.25, 0.3) is 0 Å². The van der Waals surface area contributed by atoms with Crippen LogP contribution < -0.4 is 10.0 Å². The highest BCUT2D eigenvalue weighted by atomic mass is 32.2. The van der Waals surface area contributed by atoms with E-state index in [1.807, 2.05) is 4.90 Å². The number of piperazine rings is 1. The van der Waals surface area contributed by atoms with E-state index < -0.39 is 16.1 Å². The first-order chi connectivity index (χ1) is 13.1. The van der Waals surface area contributed by atoms with Gasteiger partial charge in [-0.2, -0.15) is 0 Å². The first-order valence-electron chi connectivity index (χ1n) is 9.13. The fourth-order valence-corrected chi connectivity index (χ4v) is 4.73. The molecule has 2 saturated heterocycles. The zero-order valence-corrected chi connectivity index (χ0v) is 16.7. The van der Waals surface area contributed by atoms with Crippen molar-refractivity contribution >= 4 is 21.8 Å². The third kappa shape index (κ3) is 5.06. The van der Waals surface area contributed by atoms with Gasteiger partial charge in [0.1, 0.15) is 11.9 Å². The second-order valence-corrected chi connectivity index (χ2v) is 9.26. The minimum atomic E-state index is -3.36. The fourth-order valence-electron chi connectivity index (χ4n) is 3.95. The average molecular weight is 412 g/mol. The summed E-state index contributed by atoms with van der Waals surface area (Å²) in [5.41, 5.74) is 0.860. The Hall–Kier alpha value is -2.04. The number of carbonyl (C=O) groups is 2. The standard InChI is InChI=1S/C18H25FN4O4S/c1-12(24)20-8-17-18(25)23-10-15(21-28(2,26)27)7-16(23)11-22(17)9-13-3-5-14(19)6-4-13/h3-6,15-17,21H,7-11H2,1-2H3,(H,20,24)/t15-,16-,17-/m0/s1. The van der Waals surface area contributed by atoms with Crippen LogP contribution in [0.5, 0.6) is 0 Å². The maximum atomic E-state index is 13.2. The summed E-state index contributed by atoms with van der Waals surface area (Å²) < 4.78 is 38.9. The molecule has 1 aromatic rings. The lowest BCUT2D eigenvalue weighted by molar-refractivity contribution is -0.144. The van der Waals surface area contributed by atoms with Crippen LogP contribution in [0, 0.1) is 5.82 Å². The van der Waals surface area contributed by atoms with E-state index in [0.717, 1.165) is 11.8 Å². The molecular formula is C18H25FN4O4S. The van der Waals surface area contributed by atoms with Crippen molar-refractivity contribution in [2.24, 2.45) is 0 Å². The van der Waals surface area contributed by atoms with Crippen molar-refractivity contribution in [3.8, 4) is 0 Å². The predicted octanol–water partition coefficient (Wildman–Crippen LogP) is -0.335. The number of hydrogen-bond donors (Lipinski definition) is 2. The van der Waals surface area contributed by atoms with Crippen molar-refractivity contribution in [1.29, 1.82) is 0 Å². The predicted molar refractivity (Wildman–Crippen MR) is 101 cm³/mol. The zero-order valence-electron chi connectivity index (χ0n) is 15.9. The van der Waals surface area contributed by atoms with E-state index in [-0.39, 0.29) is 36.3 Å². The molecule has 0 bridgehead atoms. The Labute approximate surface area is 164 Å². The SMILES string of the molecule is CC(=O)NC[C@H]1C(=O)N2C[C@@H](NS(C)(=O)=O)C[C@H]2CN1Cc1ccc(F)cc1. The van der Waals surface area contributed by atoms with Crippen LogP contribution in [0.4, 0.5) is 4.39 Å². The monoisotopic (exact) mass is 412 g/mol. The molecule has 0 aliphatic carbocycles. The lowest BCUT2D eigenvalue weighted by Gasteiger charge is -2.42. The molecule has 0 radical (unpaired) electrons. The molecule has 10 heteroatoms. The van der Waals surface area contributed by atoms with Gasteiger partial charge in [-0.15, -0.1) is 0 Å². The molecule has 2 aliphatic rings. The molecule has 2 heterocycles. The van der Waals surface area contributed by atoms with Gasteiger partial charge in [-0.25, -0.2) is 17.5 Å². The number of benzene rings is 1. The van der Waals surface area contributed by atoms with Crippen LogP contribution in [0.2, 0.25) is 0 Å². The minimum absolute atomic E-state index is 0.110. The van der Waals surface area contributed by atoms with E-state index in [9.17, 15) is 22.4 Å². The highest BCUT2D eigenvalue weighted by Gasteiger charge is 2.45. The summed E-state index contributed by atoms with van der Waals surface area (Å²) in [6, 6.07) is 5.10. The minimum Gasteiger partial charge on any atom is -0.354 e. The zero-order chi connectivity index (χ0) is 20.5. The third-order valence-corrected chi connectivity index (χ3v) is 5.85. The van der Waals surface area contributed by atoms with Gasteiger partial charge in [-0.1, -0.05) is 12.1 Å². The summed E-state index contributed by atoms with van der Waals surface area (Å²) in [5.74, 6) is -0.690. The summed E-state index contributed by atoms with van der Waals surface area (Å²) in [6.07, 6.45) is 1.64. The van der Waals surface area contributed by atoms with E-state index in [4.69, 9.17) is 0 Å². The molecule has 0 aromatic heterocycles. The molecule has 2 aliphatic heterocycles. The first kappa shape index (κ1) is 20.7. The van der Waals surface area contributed by atoms with Crippen LogP contribution >= 0.6 is 0 Å². The molecule has 0 unspecified atom stereocenters. The van der Waals surface area contributed by atoms with Crippen LogP contribution in [0.3, 0.4) is 0 Å². The van der Waals surface area contributed by atoms with Crippen molar-refractivity contribution in [3.05, 3.63) is 35.6 Å². The second-order valence-electron chi connectivity index (χ2n) is 7.48. The molecule has 0 saturated carbocycles. The second kappa shape index (κ2) is 8.14. The lowest BCUT2D eigenvalue weighted by atomic mass is 10.0. The Bertz CT molecular complexity index is 846. The van der Waals surface area contributed by atoms with Crippen LogP contribution in [-0.2, 0) is 26.2 Å². The number of nitrogens with zero attached hydrogens (tertiary/aromatic N) is 2. The van der Waals surface area contributed by atoms with E-state index in [1.165, 1.54) is 19.1 Å². The van der Waals surface area contributed by atoms with Gasteiger partial charge in [0.15, 0.2) is 0 Å². The van der Waals surface area contributed by atoms with Gasteiger partial charge < -0.3 is 10.2 Å². The number of carbonyl (C=O) groups excluding carboxylic acids is 2. The van der Waals surface area contributed by atoms with Crippen LogP contribution in [0.1, 0.15) is 18.9 Å². The van der Waals surface area contributed by atoms with Gasteiger partial charge in [0.2, 0.25) is 21.8 Å². The summed E-state index contributed by atoms with van der Waals surface area (Å²) >= 11 is 0. The smallest absolute Gasteiger partial charge is 0.242 e. The molecule has 2 N–H and O–H groups in total. The summed E-state index contributed by atoms with van der Waals surface area (Å²) in [4.78, 5) is 28.1. The molecule has 2 amide bonds. The Balaban J connectivity index is 1.78. The third-order valence-electron chi connectivity index (χ3n) is 5.09. The van der Waals surface area contributed by atoms with Gasteiger partial charge >= 0.3 is 0 Å². The molecule has 3 rings (SSSR count). The molecule has 3 atom stereocenters. The molecular weight excluding hydrogens is 387 g/mol. The number of amides is 2. The van der Waals surface area contributed by atoms with Crippen LogP contribution in [0.15, 0.2) is 24.3 Å². The number of halogens is 1. The van der Waals surface area contributed by atoms with Gasteiger partial charge in [-0.3, -0.25) is 14.5 Å². The Morgan fingerprint density at radius 1 is 1.25 bits per heavy atom. The van der Waals surface area contributed by atoms with E-state index in [1.54, 1.807) is 17.0 Å². The normalized spacial score (nSPS) is 25.6. The van der Waals surface area contributed by atoms with Gasteiger partial charge in [0.05, 0.1) is 6.26 Å². The molecule has 1 aromatic carbocycles. The highest BCUT2D eigenvalue weighted by molar-refractivity contribution is 7.88. The van der Waals surface area contributed by atoms with E-state index >= 15 is 0 Å². The number of nitrogens with one attached hydrogen (secondary N) is 2. The number of sulfonamides is 1. The molecule has 28 heavy (non-hydrogen) atoms. The first-order valence-corrected chi connectivity index (χ1v) is 11.0. The maximum absolute atomic E-state index is 13.2. The Morgan fingerprint density at radius 3 is 2.54 bits per heavy atom. The van der Waals surface area contributed by atoms with E-state index in [2.05, 4.69) is 10.0 Å². The summed E-state index contributed by atoms with van der Waals surface area (Å²) in [7, 11) is -3.36. The van der Waals surface area contributed by atoms with Crippen LogP contribution in [0.25, 0.3) is 0 Å². The van der Waals surface area contributed by atoms with Crippen molar-refractivity contribution in [2.75, 3.05) is 25.9 Å². The number of fused-ring (bicyclic) bond motifs is 1. The molecule has 154 valence electrons. The number of rotatable bonds is 6. The lowest BCUT2D eigenvalue weighted by Crippen LogP contribution is -2.62.